The van der Waals surface area contributed by atoms with Crippen molar-refractivity contribution in [3.8, 4) is 0 Å². The maximum atomic E-state index is 13.2. The topological polar surface area (TPSA) is 33.2 Å². The highest BCUT2D eigenvalue weighted by Gasteiger charge is 2.30. The van der Waals surface area contributed by atoms with Gasteiger partial charge in [0.1, 0.15) is 5.92 Å². The summed E-state index contributed by atoms with van der Waals surface area (Å²) in [6.45, 7) is 6.04. The lowest BCUT2D eigenvalue weighted by Gasteiger charge is -2.33. The van der Waals surface area contributed by atoms with Gasteiger partial charge in [-0.05, 0) is 43.4 Å². The van der Waals surface area contributed by atoms with E-state index in [-0.39, 0.29) is 11.8 Å². The van der Waals surface area contributed by atoms with Crippen LogP contribution in [0.4, 0.5) is 0 Å². The number of pyridine rings is 1. The van der Waals surface area contributed by atoms with Crippen molar-refractivity contribution in [2.24, 2.45) is 5.92 Å². The summed E-state index contributed by atoms with van der Waals surface area (Å²) in [5, 5.41) is 0. The van der Waals surface area contributed by atoms with Crippen molar-refractivity contribution in [3.05, 3.63) is 65.5 Å². The zero-order valence-electron chi connectivity index (χ0n) is 13.9. The Morgan fingerprint density at radius 3 is 2.43 bits per heavy atom. The van der Waals surface area contributed by atoms with Gasteiger partial charge >= 0.3 is 0 Å². The maximum Gasteiger partial charge on any atom is 0.236 e. The Balaban J connectivity index is 1.92. The van der Waals surface area contributed by atoms with Gasteiger partial charge in [0.05, 0.1) is 5.69 Å². The normalized spacial score (nSPS) is 17.0. The standard InChI is InChI=1S/C20H24N2O/c1-15-6-8-17(9-7-15)19(18-5-3-4-12-21-18)20(23)22-13-10-16(2)11-14-22/h3-9,12,16,19H,10-11,13-14H2,1-2H3. The van der Waals surface area contributed by atoms with Gasteiger partial charge in [-0.1, -0.05) is 42.8 Å². The number of carbonyl (C=O) groups is 1. The molecule has 2 heterocycles. The number of aromatic nitrogens is 1. The number of carbonyl (C=O) groups excluding carboxylic acids is 1. The number of rotatable bonds is 3. The van der Waals surface area contributed by atoms with E-state index in [1.54, 1.807) is 6.20 Å². The molecule has 3 nitrogen and oxygen atoms in total. The van der Waals surface area contributed by atoms with E-state index in [4.69, 9.17) is 0 Å². The molecule has 23 heavy (non-hydrogen) atoms. The van der Waals surface area contributed by atoms with Crippen LogP contribution in [-0.2, 0) is 4.79 Å². The van der Waals surface area contributed by atoms with E-state index in [2.05, 4.69) is 43.1 Å². The highest BCUT2D eigenvalue weighted by molar-refractivity contribution is 5.86. The van der Waals surface area contributed by atoms with Crippen molar-refractivity contribution >= 4 is 5.91 Å². The van der Waals surface area contributed by atoms with Crippen LogP contribution in [-0.4, -0.2) is 28.9 Å². The van der Waals surface area contributed by atoms with Crippen molar-refractivity contribution in [3.63, 3.8) is 0 Å². The van der Waals surface area contributed by atoms with Crippen LogP contribution < -0.4 is 0 Å². The molecule has 120 valence electrons. The van der Waals surface area contributed by atoms with E-state index in [0.29, 0.717) is 5.92 Å². The maximum absolute atomic E-state index is 13.2. The summed E-state index contributed by atoms with van der Waals surface area (Å²) in [4.78, 5) is 19.7. The average molecular weight is 308 g/mol. The van der Waals surface area contributed by atoms with Crippen molar-refractivity contribution in [2.45, 2.75) is 32.6 Å². The van der Waals surface area contributed by atoms with Crippen molar-refractivity contribution in [1.29, 1.82) is 0 Å². The molecule has 1 aromatic heterocycles. The minimum absolute atomic E-state index is 0.180. The Labute approximate surface area is 138 Å². The third-order valence-electron chi connectivity index (χ3n) is 4.74. The zero-order chi connectivity index (χ0) is 16.2. The second-order valence-corrected chi connectivity index (χ2v) is 6.61. The van der Waals surface area contributed by atoms with Crippen LogP contribution in [0.5, 0.6) is 0 Å². The zero-order valence-corrected chi connectivity index (χ0v) is 13.9. The lowest BCUT2D eigenvalue weighted by atomic mass is 9.91. The molecule has 3 heteroatoms. The van der Waals surface area contributed by atoms with Crippen LogP contribution >= 0.6 is 0 Å². The van der Waals surface area contributed by atoms with Gasteiger partial charge in [-0.15, -0.1) is 0 Å². The molecule has 1 amide bonds. The van der Waals surface area contributed by atoms with E-state index in [1.165, 1.54) is 5.56 Å². The fourth-order valence-corrected chi connectivity index (χ4v) is 3.16. The number of likely N-dealkylation sites (tertiary alicyclic amines) is 1. The van der Waals surface area contributed by atoms with Gasteiger partial charge in [0.2, 0.25) is 5.91 Å². The van der Waals surface area contributed by atoms with Gasteiger partial charge in [0.15, 0.2) is 0 Å². The Morgan fingerprint density at radius 2 is 1.83 bits per heavy atom. The monoisotopic (exact) mass is 308 g/mol. The number of piperidine rings is 1. The van der Waals surface area contributed by atoms with Gasteiger partial charge in [-0.2, -0.15) is 0 Å². The largest absolute Gasteiger partial charge is 0.342 e. The van der Waals surface area contributed by atoms with E-state index < -0.39 is 0 Å². The van der Waals surface area contributed by atoms with Crippen LogP contribution in [0.2, 0.25) is 0 Å². The number of nitrogens with zero attached hydrogens (tertiary/aromatic N) is 2. The molecule has 1 atom stereocenters. The minimum atomic E-state index is -0.301. The predicted octanol–water partition coefficient (Wildman–Crippen LogP) is 3.78. The summed E-state index contributed by atoms with van der Waals surface area (Å²) in [7, 11) is 0. The lowest BCUT2D eigenvalue weighted by molar-refractivity contribution is -0.133. The summed E-state index contributed by atoms with van der Waals surface area (Å²) >= 11 is 0. The summed E-state index contributed by atoms with van der Waals surface area (Å²) in [5.74, 6) is 0.594. The van der Waals surface area contributed by atoms with E-state index >= 15 is 0 Å². The second kappa shape index (κ2) is 6.95. The van der Waals surface area contributed by atoms with Crippen molar-refractivity contribution < 1.29 is 4.79 Å². The molecule has 0 radical (unpaired) electrons. The number of aryl methyl sites for hydroxylation is 1. The Kier molecular flexibility index (Phi) is 4.75. The minimum Gasteiger partial charge on any atom is -0.342 e. The number of amides is 1. The molecule has 1 unspecified atom stereocenters. The molecule has 3 rings (SSSR count). The molecule has 1 saturated heterocycles. The van der Waals surface area contributed by atoms with Crippen LogP contribution in [0.25, 0.3) is 0 Å². The first-order valence-corrected chi connectivity index (χ1v) is 8.41. The third kappa shape index (κ3) is 3.61. The average Bonchev–Trinajstić information content (AvgIpc) is 2.58. The molecule has 1 fully saturated rings. The third-order valence-corrected chi connectivity index (χ3v) is 4.74. The van der Waals surface area contributed by atoms with Crippen LogP contribution in [0.3, 0.4) is 0 Å². The SMILES string of the molecule is Cc1ccc(C(C(=O)N2CCC(C)CC2)c2ccccn2)cc1. The second-order valence-electron chi connectivity index (χ2n) is 6.61. The summed E-state index contributed by atoms with van der Waals surface area (Å²) in [5.41, 5.74) is 3.06. The van der Waals surface area contributed by atoms with E-state index in [0.717, 1.165) is 37.2 Å². The van der Waals surface area contributed by atoms with Gasteiger partial charge in [-0.3, -0.25) is 9.78 Å². The molecule has 1 aliphatic rings. The van der Waals surface area contributed by atoms with Gasteiger partial charge in [0, 0.05) is 19.3 Å². The quantitative estimate of drug-likeness (QED) is 0.864. The molecule has 2 aromatic rings. The highest BCUT2D eigenvalue weighted by atomic mass is 16.2. The smallest absolute Gasteiger partial charge is 0.236 e. The highest BCUT2D eigenvalue weighted by Crippen LogP contribution is 2.28. The Hall–Kier alpha value is -2.16. The molecule has 1 aromatic carbocycles. The summed E-state index contributed by atoms with van der Waals surface area (Å²) in [6, 6.07) is 14.0. The first-order chi connectivity index (χ1) is 11.1. The number of hydrogen-bond donors (Lipinski definition) is 0. The van der Waals surface area contributed by atoms with Crippen LogP contribution in [0.15, 0.2) is 48.7 Å². The van der Waals surface area contributed by atoms with Gasteiger partial charge in [-0.25, -0.2) is 0 Å². The first-order valence-electron chi connectivity index (χ1n) is 8.41. The molecule has 0 aliphatic carbocycles. The molecule has 0 saturated carbocycles. The van der Waals surface area contributed by atoms with Crippen LogP contribution in [0, 0.1) is 12.8 Å². The Bertz CT molecular complexity index is 643. The molecule has 0 N–H and O–H groups in total. The number of benzene rings is 1. The molecule has 0 spiro atoms. The van der Waals surface area contributed by atoms with E-state index in [9.17, 15) is 4.79 Å². The molecule has 0 bridgehead atoms. The summed E-state index contributed by atoms with van der Waals surface area (Å²) < 4.78 is 0. The summed E-state index contributed by atoms with van der Waals surface area (Å²) in [6.07, 6.45) is 3.95. The Morgan fingerprint density at radius 1 is 1.13 bits per heavy atom. The predicted molar refractivity (Wildman–Crippen MR) is 92.2 cm³/mol. The molecular weight excluding hydrogens is 284 g/mol. The molecular formula is C20H24N2O. The fourth-order valence-electron chi connectivity index (χ4n) is 3.16. The first kappa shape index (κ1) is 15.7. The van der Waals surface area contributed by atoms with Gasteiger partial charge in [0.25, 0.3) is 0 Å². The van der Waals surface area contributed by atoms with Crippen molar-refractivity contribution in [2.75, 3.05) is 13.1 Å². The lowest BCUT2D eigenvalue weighted by Crippen LogP contribution is -2.41. The molecule has 1 aliphatic heterocycles. The van der Waals surface area contributed by atoms with E-state index in [1.807, 2.05) is 23.1 Å². The number of hydrogen-bond acceptors (Lipinski definition) is 2. The van der Waals surface area contributed by atoms with Gasteiger partial charge < -0.3 is 4.90 Å². The van der Waals surface area contributed by atoms with Crippen LogP contribution in [0.1, 0.15) is 42.5 Å². The fraction of sp³-hybridized carbons (Fsp3) is 0.400. The van der Waals surface area contributed by atoms with Crippen molar-refractivity contribution in [1.82, 2.24) is 9.88 Å².